The summed E-state index contributed by atoms with van der Waals surface area (Å²) in [6.45, 7) is 0. The number of rotatable bonds is 5. The fourth-order valence-electron chi connectivity index (χ4n) is 1.71. The van der Waals surface area contributed by atoms with Crippen molar-refractivity contribution >= 4 is 35.2 Å². The van der Waals surface area contributed by atoms with Gasteiger partial charge in [0.15, 0.2) is 0 Å². The van der Waals surface area contributed by atoms with Gasteiger partial charge in [0.1, 0.15) is 0 Å². The van der Waals surface area contributed by atoms with Crippen LogP contribution in [-0.4, -0.2) is 17.6 Å². The number of nitrogens with one attached hydrogen (secondary N) is 2. The van der Waals surface area contributed by atoms with E-state index in [1.807, 2.05) is 30.3 Å². The van der Waals surface area contributed by atoms with E-state index in [4.69, 9.17) is 11.6 Å². The van der Waals surface area contributed by atoms with Crippen molar-refractivity contribution in [2.24, 2.45) is 0 Å². The van der Waals surface area contributed by atoms with Gasteiger partial charge in [0.2, 0.25) is 5.91 Å². The Morgan fingerprint density at radius 1 is 1.00 bits per heavy atom. The van der Waals surface area contributed by atoms with Gasteiger partial charge in [-0.05, 0) is 29.8 Å². The summed E-state index contributed by atoms with van der Waals surface area (Å²) in [5.41, 5.74) is 6.33. The molecule has 114 valence electrons. The van der Waals surface area contributed by atoms with E-state index in [1.165, 1.54) is 11.8 Å². The molecule has 0 saturated heterocycles. The molecule has 22 heavy (non-hydrogen) atoms. The third-order valence-electron chi connectivity index (χ3n) is 2.74. The number of halogens is 1. The molecular formula is C16H15ClN2O2S. The first-order valence-corrected chi connectivity index (χ1v) is 8.15. The van der Waals surface area contributed by atoms with Crippen LogP contribution in [0.15, 0.2) is 54.6 Å². The smallest absolute Gasteiger partial charge is 0.269 e. The Bertz CT molecular complexity index is 650. The molecule has 0 aromatic heterocycles. The molecule has 0 aliphatic rings. The lowest BCUT2D eigenvalue weighted by molar-refractivity contribution is -0.119. The number of hydrazine groups is 1. The maximum atomic E-state index is 11.7. The fourth-order valence-corrected chi connectivity index (χ4v) is 2.70. The maximum absolute atomic E-state index is 11.7. The molecule has 0 atom stereocenters. The molecule has 0 radical (unpaired) electrons. The predicted molar refractivity (Wildman–Crippen MR) is 89.7 cm³/mol. The molecule has 2 aromatic rings. The summed E-state index contributed by atoms with van der Waals surface area (Å²) in [4.78, 5) is 23.4. The number of carbonyl (C=O) groups excluding carboxylic acids is 2. The van der Waals surface area contributed by atoms with E-state index in [9.17, 15) is 9.59 Å². The Kier molecular flexibility index (Phi) is 6.30. The minimum Gasteiger partial charge on any atom is -0.272 e. The minimum absolute atomic E-state index is 0.252. The van der Waals surface area contributed by atoms with Crippen molar-refractivity contribution in [3.8, 4) is 0 Å². The lowest BCUT2D eigenvalue weighted by atomic mass is 10.2. The van der Waals surface area contributed by atoms with Crippen LogP contribution in [0.2, 0.25) is 5.02 Å². The van der Waals surface area contributed by atoms with Crippen molar-refractivity contribution in [1.82, 2.24) is 10.9 Å². The molecule has 2 rings (SSSR count). The summed E-state index contributed by atoms with van der Waals surface area (Å²) >= 11 is 7.34. The SMILES string of the molecule is O=C(CSCc1cccc(Cl)c1)NNC(=O)c1ccccc1. The normalized spacial score (nSPS) is 10.0. The zero-order valence-corrected chi connectivity index (χ0v) is 13.3. The second kappa shape index (κ2) is 8.46. The van der Waals surface area contributed by atoms with Crippen LogP contribution in [-0.2, 0) is 10.5 Å². The minimum atomic E-state index is -0.339. The standard InChI is InChI=1S/C16H15ClN2O2S/c17-14-8-4-5-12(9-14)10-22-11-15(20)18-19-16(21)13-6-2-1-3-7-13/h1-9H,10-11H2,(H,18,20)(H,19,21). The van der Waals surface area contributed by atoms with Gasteiger partial charge in [-0.1, -0.05) is 41.9 Å². The zero-order valence-electron chi connectivity index (χ0n) is 11.7. The van der Waals surface area contributed by atoms with E-state index in [1.54, 1.807) is 24.3 Å². The average Bonchev–Trinajstić information content (AvgIpc) is 2.53. The van der Waals surface area contributed by atoms with E-state index < -0.39 is 0 Å². The largest absolute Gasteiger partial charge is 0.272 e. The van der Waals surface area contributed by atoms with Crippen LogP contribution in [0.4, 0.5) is 0 Å². The van der Waals surface area contributed by atoms with Gasteiger partial charge >= 0.3 is 0 Å². The van der Waals surface area contributed by atoms with Crippen LogP contribution >= 0.6 is 23.4 Å². The summed E-state index contributed by atoms with van der Waals surface area (Å²) in [5, 5.41) is 0.678. The van der Waals surface area contributed by atoms with Crippen LogP contribution in [0, 0.1) is 0 Å². The van der Waals surface area contributed by atoms with E-state index in [2.05, 4.69) is 10.9 Å². The first-order chi connectivity index (χ1) is 10.6. The van der Waals surface area contributed by atoms with Gasteiger partial charge in [0, 0.05) is 16.3 Å². The Labute approximate surface area is 138 Å². The zero-order chi connectivity index (χ0) is 15.8. The van der Waals surface area contributed by atoms with Gasteiger partial charge in [-0.2, -0.15) is 0 Å². The van der Waals surface area contributed by atoms with E-state index in [0.717, 1.165) is 5.56 Å². The topological polar surface area (TPSA) is 58.2 Å². The summed E-state index contributed by atoms with van der Waals surface area (Å²) in [6.07, 6.45) is 0. The van der Waals surface area contributed by atoms with Gasteiger partial charge in [-0.15, -0.1) is 11.8 Å². The molecule has 2 N–H and O–H groups in total. The lowest BCUT2D eigenvalue weighted by Crippen LogP contribution is -2.42. The molecule has 0 aliphatic heterocycles. The second-order valence-corrected chi connectivity index (χ2v) is 5.91. The summed E-state index contributed by atoms with van der Waals surface area (Å²) in [6, 6.07) is 16.2. The van der Waals surface area contributed by atoms with Crippen molar-refractivity contribution in [3.05, 3.63) is 70.7 Å². The molecule has 0 unspecified atom stereocenters. The van der Waals surface area contributed by atoms with Gasteiger partial charge < -0.3 is 0 Å². The molecule has 4 nitrogen and oxygen atoms in total. The monoisotopic (exact) mass is 334 g/mol. The molecular weight excluding hydrogens is 320 g/mol. The first-order valence-electron chi connectivity index (χ1n) is 6.61. The highest BCUT2D eigenvalue weighted by atomic mass is 35.5. The van der Waals surface area contributed by atoms with Crippen molar-refractivity contribution in [3.63, 3.8) is 0 Å². The van der Waals surface area contributed by atoms with Gasteiger partial charge in [0.05, 0.1) is 5.75 Å². The molecule has 2 aromatic carbocycles. The van der Waals surface area contributed by atoms with Crippen molar-refractivity contribution < 1.29 is 9.59 Å². The third kappa shape index (κ3) is 5.42. The number of hydrogen-bond acceptors (Lipinski definition) is 3. The van der Waals surface area contributed by atoms with Crippen molar-refractivity contribution in [2.75, 3.05) is 5.75 Å². The molecule has 0 bridgehead atoms. The number of thioether (sulfide) groups is 1. The molecule has 0 heterocycles. The average molecular weight is 335 g/mol. The Balaban J connectivity index is 1.69. The molecule has 0 aliphatic carbocycles. The maximum Gasteiger partial charge on any atom is 0.269 e. The van der Waals surface area contributed by atoms with Crippen molar-refractivity contribution in [1.29, 1.82) is 0 Å². The summed E-state index contributed by atoms with van der Waals surface area (Å²) in [5.74, 6) is 0.340. The highest BCUT2D eigenvalue weighted by molar-refractivity contribution is 7.99. The molecule has 2 amide bonds. The quantitative estimate of drug-likeness (QED) is 0.826. The predicted octanol–water partition coefficient (Wildman–Crippen LogP) is 3.03. The third-order valence-corrected chi connectivity index (χ3v) is 3.98. The number of amides is 2. The summed E-state index contributed by atoms with van der Waals surface area (Å²) < 4.78 is 0. The highest BCUT2D eigenvalue weighted by Crippen LogP contribution is 2.16. The van der Waals surface area contributed by atoms with Crippen LogP contribution in [0.5, 0.6) is 0 Å². The van der Waals surface area contributed by atoms with E-state index in [0.29, 0.717) is 16.3 Å². The van der Waals surface area contributed by atoms with E-state index in [-0.39, 0.29) is 17.6 Å². The molecule has 6 heteroatoms. The Morgan fingerprint density at radius 2 is 1.77 bits per heavy atom. The fraction of sp³-hybridized carbons (Fsp3) is 0.125. The van der Waals surface area contributed by atoms with Gasteiger partial charge in [-0.3, -0.25) is 20.4 Å². The van der Waals surface area contributed by atoms with E-state index >= 15 is 0 Å². The van der Waals surface area contributed by atoms with Crippen LogP contribution in [0.25, 0.3) is 0 Å². The van der Waals surface area contributed by atoms with Crippen LogP contribution in [0.1, 0.15) is 15.9 Å². The van der Waals surface area contributed by atoms with Crippen LogP contribution in [0.3, 0.4) is 0 Å². The Morgan fingerprint density at radius 3 is 2.50 bits per heavy atom. The molecule has 0 spiro atoms. The van der Waals surface area contributed by atoms with Crippen LogP contribution < -0.4 is 10.9 Å². The van der Waals surface area contributed by atoms with Gasteiger partial charge in [-0.25, -0.2) is 0 Å². The first kappa shape index (κ1) is 16.4. The second-order valence-electron chi connectivity index (χ2n) is 4.49. The summed E-state index contributed by atoms with van der Waals surface area (Å²) in [7, 11) is 0. The molecule has 0 saturated carbocycles. The Hall–Kier alpha value is -1.98. The lowest BCUT2D eigenvalue weighted by Gasteiger charge is -2.07. The number of carbonyl (C=O) groups is 2. The van der Waals surface area contributed by atoms with Crippen molar-refractivity contribution in [2.45, 2.75) is 5.75 Å². The molecule has 0 fully saturated rings. The highest BCUT2D eigenvalue weighted by Gasteiger charge is 2.06. The number of hydrogen-bond donors (Lipinski definition) is 2. The van der Waals surface area contributed by atoms with Gasteiger partial charge in [0.25, 0.3) is 5.91 Å². The number of benzene rings is 2.